The normalized spacial score (nSPS) is 12.7. The van der Waals surface area contributed by atoms with Crippen molar-refractivity contribution in [1.29, 1.82) is 0 Å². The number of rotatable bonds is 7. The van der Waals surface area contributed by atoms with Gasteiger partial charge in [0.1, 0.15) is 11.2 Å². The number of benzene rings is 2. The number of aromatic nitrogens is 4. The topological polar surface area (TPSA) is 124 Å². The van der Waals surface area contributed by atoms with Gasteiger partial charge in [-0.05, 0) is 98.2 Å². The highest BCUT2D eigenvalue weighted by Gasteiger charge is 2.34. The Kier molecular flexibility index (Phi) is 10.7. The van der Waals surface area contributed by atoms with Crippen LogP contribution in [0.15, 0.2) is 48.7 Å². The lowest BCUT2D eigenvalue weighted by molar-refractivity contribution is -0.137. The second kappa shape index (κ2) is 14.1. The Balaban J connectivity index is 1.70. The van der Waals surface area contributed by atoms with Crippen LogP contribution in [0.4, 0.5) is 50.2 Å². The van der Waals surface area contributed by atoms with Crippen molar-refractivity contribution in [3.05, 3.63) is 76.3 Å². The van der Waals surface area contributed by atoms with Crippen LogP contribution in [0.25, 0.3) is 11.4 Å². The zero-order chi connectivity index (χ0) is 37.3. The van der Waals surface area contributed by atoms with Crippen molar-refractivity contribution in [2.75, 3.05) is 15.5 Å². The molecule has 0 fully saturated rings. The van der Waals surface area contributed by atoms with E-state index >= 15 is 4.39 Å². The van der Waals surface area contributed by atoms with E-state index in [1.807, 2.05) is 0 Å². The lowest BCUT2D eigenvalue weighted by atomic mass is 10.1. The number of carbonyl (C=O) groups excluding carboxylic acids is 2. The summed E-state index contributed by atoms with van der Waals surface area (Å²) < 4.78 is 67.6. The van der Waals surface area contributed by atoms with Gasteiger partial charge in [0.25, 0.3) is 0 Å². The highest BCUT2D eigenvalue weighted by molar-refractivity contribution is 6.31. The van der Waals surface area contributed by atoms with Crippen molar-refractivity contribution >= 4 is 46.8 Å². The molecule has 0 spiro atoms. The lowest BCUT2D eigenvalue weighted by Gasteiger charge is -2.26. The molecule has 1 amide bonds. The van der Waals surface area contributed by atoms with E-state index in [-0.39, 0.29) is 17.3 Å². The van der Waals surface area contributed by atoms with Crippen molar-refractivity contribution in [1.82, 2.24) is 19.7 Å². The van der Waals surface area contributed by atoms with Crippen molar-refractivity contribution in [3.8, 4) is 11.4 Å². The predicted octanol–water partition coefficient (Wildman–Crippen LogP) is 9.49. The van der Waals surface area contributed by atoms with Crippen molar-refractivity contribution in [2.24, 2.45) is 0 Å². The van der Waals surface area contributed by atoms with Gasteiger partial charge in [-0.15, -0.1) is 5.10 Å². The van der Waals surface area contributed by atoms with E-state index in [1.54, 1.807) is 80.5 Å². The monoisotopic (exact) mass is 719 g/mol. The van der Waals surface area contributed by atoms with E-state index in [4.69, 9.17) is 21.1 Å². The molecule has 0 saturated carbocycles. The maximum atomic E-state index is 15.6. The van der Waals surface area contributed by atoms with Crippen LogP contribution in [0.2, 0.25) is 5.02 Å². The minimum atomic E-state index is -4.62. The van der Waals surface area contributed by atoms with Gasteiger partial charge in [0.15, 0.2) is 23.3 Å². The third-order valence-corrected chi connectivity index (χ3v) is 7.03. The van der Waals surface area contributed by atoms with Gasteiger partial charge >= 0.3 is 18.4 Å². The summed E-state index contributed by atoms with van der Waals surface area (Å²) in [4.78, 5) is 35.8. The second-order valence-electron chi connectivity index (χ2n) is 13.4. The molecule has 0 saturated heterocycles. The van der Waals surface area contributed by atoms with Gasteiger partial charge in [-0.2, -0.15) is 17.9 Å². The number of anilines is 4. The standard InChI is InChI=1S/C34H38ClF4N7O4/c1-18-10-11-21(41-20(3)42-22-12-13-25(35)24(16-22)34(37,38)39)15-23(18)28-40-17-26(36)29(43-28)45(30(47)49-32(4,5)6)27-14-19(2)46(44-27)31(48)50-33(7,8)9/h10-17,20,41-42H,1-9H3. The summed E-state index contributed by atoms with van der Waals surface area (Å²) in [7, 11) is 0. The number of halogens is 5. The number of hydrogen-bond donors (Lipinski definition) is 2. The van der Waals surface area contributed by atoms with E-state index in [0.717, 1.165) is 27.9 Å². The number of ether oxygens (including phenoxy) is 2. The first-order valence-corrected chi connectivity index (χ1v) is 15.8. The molecule has 4 rings (SSSR count). The summed E-state index contributed by atoms with van der Waals surface area (Å²) in [5, 5.41) is 9.95. The largest absolute Gasteiger partial charge is 0.443 e. The Bertz CT molecular complexity index is 1900. The number of carbonyl (C=O) groups is 2. The van der Waals surface area contributed by atoms with E-state index in [1.165, 1.54) is 12.1 Å². The second-order valence-corrected chi connectivity index (χ2v) is 13.9. The SMILES string of the molecule is Cc1ccc(NC(C)Nc2ccc(Cl)c(C(F)(F)F)c2)cc1-c1ncc(F)c(N(C(=O)OC(C)(C)C)c2cc(C)n(C(=O)OC(C)(C)C)n2)n1. The van der Waals surface area contributed by atoms with Gasteiger partial charge in [0, 0.05) is 23.0 Å². The molecule has 1 unspecified atom stereocenters. The summed E-state index contributed by atoms with van der Waals surface area (Å²) >= 11 is 5.75. The fourth-order valence-electron chi connectivity index (χ4n) is 4.62. The van der Waals surface area contributed by atoms with Gasteiger partial charge in [-0.3, -0.25) is 0 Å². The zero-order valence-electron chi connectivity index (χ0n) is 29.0. The molecule has 0 aliphatic heterocycles. The molecule has 2 heterocycles. The van der Waals surface area contributed by atoms with Crippen LogP contribution in [0.3, 0.4) is 0 Å². The van der Waals surface area contributed by atoms with Crippen LogP contribution in [-0.4, -0.2) is 49.3 Å². The molecule has 50 heavy (non-hydrogen) atoms. The number of nitrogens with one attached hydrogen (secondary N) is 2. The predicted molar refractivity (Wildman–Crippen MR) is 182 cm³/mol. The van der Waals surface area contributed by atoms with E-state index in [2.05, 4.69) is 25.7 Å². The summed E-state index contributed by atoms with van der Waals surface area (Å²) in [6.45, 7) is 15.0. The third kappa shape index (κ3) is 9.40. The molecule has 0 radical (unpaired) electrons. The van der Waals surface area contributed by atoms with Crippen LogP contribution in [0.5, 0.6) is 0 Å². The quantitative estimate of drug-likeness (QED) is 0.142. The molecule has 2 aromatic carbocycles. The third-order valence-electron chi connectivity index (χ3n) is 6.70. The average Bonchev–Trinajstić information content (AvgIpc) is 3.34. The highest BCUT2D eigenvalue weighted by Crippen LogP contribution is 2.37. The fraction of sp³-hybridized carbons (Fsp3) is 0.382. The van der Waals surface area contributed by atoms with Gasteiger partial charge in [-0.1, -0.05) is 17.7 Å². The van der Waals surface area contributed by atoms with Crippen LogP contribution >= 0.6 is 11.6 Å². The summed E-state index contributed by atoms with van der Waals surface area (Å²) in [6.07, 6.45) is -6.12. The Hall–Kier alpha value is -4.92. The first-order valence-electron chi connectivity index (χ1n) is 15.4. The van der Waals surface area contributed by atoms with Gasteiger partial charge in [-0.25, -0.2) is 28.8 Å². The number of nitrogens with zero attached hydrogens (tertiary/aromatic N) is 5. The van der Waals surface area contributed by atoms with Gasteiger partial charge in [0.2, 0.25) is 0 Å². The van der Waals surface area contributed by atoms with Crippen molar-refractivity contribution < 1.29 is 36.6 Å². The van der Waals surface area contributed by atoms with Gasteiger partial charge in [0.05, 0.1) is 28.6 Å². The molecular weight excluding hydrogens is 682 g/mol. The Morgan fingerprint density at radius 2 is 1.52 bits per heavy atom. The molecule has 4 aromatic rings. The Morgan fingerprint density at radius 1 is 0.920 bits per heavy atom. The molecule has 0 bridgehead atoms. The highest BCUT2D eigenvalue weighted by atomic mass is 35.5. The fourth-order valence-corrected chi connectivity index (χ4v) is 4.84. The molecule has 16 heteroatoms. The van der Waals surface area contributed by atoms with Crippen LogP contribution in [0, 0.1) is 19.7 Å². The number of alkyl halides is 3. The van der Waals surface area contributed by atoms with E-state index < -0.39 is 58.0 Å². The molecule has 2 N–H and O–H groups in total. The summed E-state index contributed by atoms with van der Waals surface area (Å²) in [6, 6.07) is 10.1. The zero-order valence-corrected chi connectivity index (χ0v) is 29.7. The van der Waals surface area contributed by atoms with Crippen molar-refractivity contribution in [2.45, 2.75) is 85.9 Å². The number of hydrogen-bond acceptors (Lipinski definition) is 9. The van der Waals surface area contributed by atoms with E-state index in [0.29, 0.717) is 22.5 Å². The molecule has 0 aliphatic carbocycles. The molecule has 0 aliphatic rings. The first kappa shape index (κ1) is 37.9. The van der Waals surface area contributed by atoms with Crippen molar-refractivity contribution in [3.63, 3.8) is 0 Å². The smallest absolute Gasteiger partial charge is 0.435 e. The Labute approximate surface area is 291 Å². The number of amides is 1. The van der Waals surface area contributed by atoms with Crippen LogP contribution < -0.4 is 15.5 Å². The summed E-state index contributed by atoms with van der Waals surface area (Å²) in [5.74, 6) is -1.59. The molecule has 268 valence electrons. The summed E-state index contributed by atoms with van der Waals surface area (Å²) in [5.41, 5.74) is -0.646. The Morgan fingerprint density at radius 3 is 2.12 bits per heavy atom. The van der Waals surface area contributed by atoms with Crippen LogP contribution in [0.1, 0.15) is 65.3 Å². The number of aryl methyl sites for hydroxylation is 2. The molecule has 11 nitrogen and oxygen atoms in total. The maximum Gasteiger partial charge on any atom is 0.435 e. The average molecular weight is 720 g/mol. The maximum absolute atomic E-state index is 15.6. The molecular formula is C34H38ClF4N7O4. The van der Waals surface area contributed by atoms with Gasteiger partial charge < -0.3 is 20.1 Å². The molecule has 1 atom stereocenters. The lowest BCUT2D eigenvalue weighted by Crippen LogP contribution is -2.35. The van der Waals surface area contributed by atoms with Crippen LogP contribution in [-0.2, 0) is 15.7 Å². The first-order chi connectivity index (χ1) is 23.0. The minimum absolute atomic E-state index is 0.0348. The van der Waals surface area contributed by atoms with E-state index in [9.17, 15) is 22.8 Å². The molecule has 2 aromatic heterocycles. The minimum Gasteiger partial charge on any atom is -0.443 e.